The third-order valence-corrected chi connectivity index (χ3v) is 0. The highest BCUT2D eigenvalue weighted by Crippen LogP contribution is 1.27. The van der Waals surface area contributed by atoms with Crippen molar-refractivity contribution in [2.75, 3.05) is 7.05 Å². The second-order valence-corrected chi connectivity index (χ2v) is 0.757. The topological polar surface area (TPSA) is 3.01 Å². The molecule has 0 aliphatic carbocycles. The smallest absolute Gasteiger partial charge is 0.332 e. The predicted molar refractivity (Wildman–Crippen MR) is 19.1 cm³/mol. The zero-order valence-corrected chi connectivity index (χ0v) is 2.73. The molecule has 0 saturated carbocycles. The van der Waals surface area contributed by atoms with Crippen LogP contribution < -0.4 is 0 Å². The Morgan fingerprint density at radius 1 is 2.00 bits per heavy atom. The summed E-state index contributed by atoms with van der Waals surface area (Å²) in [7, 11) is 6.50. The van der Waals surface area contributed by atoms with E-state index in [0.717, 1.165) is 0 Å². The summed E-state index contributed by atoms with van der Waals surface area (Å²) in [4.78, 5) is 0. The van der Waals surface area contributed by atoms with Gasteiger partial charge < -0.3 is 4.49 Å². The Balaban J connectivity index is 2.80. The van der Waals surface area contributed by atoms with Crippen molar-refractivity contribution in [3.8, 4) is 0 Å². The average molecular weight is 53.9 g/mol. The van der Waals surface area contributed by atoms with Gasteiger partial charge in [0.2, 0.25) is 0 Å². The van der Waals surface area contributed by atoms with Crippen molar-refractivity contribution in [3.05, 3.63) is 0 Å². The molecule has 2 radical (unpaired) electrons. The molecule has 0 aliphatic heterocycles. The maximum atomic E-state index is 4.83. The SMILES string of the molecule is [B][N+](=C)C. The van der Waals surface area contributed by atoms with E-state index in [2.05, 4.69) is 6.72 Å². The molecule has 0 aromatic heterocycles. The van der Waals surface area contributed by atoms with Gasteiger partial charge in [0, 0.05) is 0 Å². The van der Waals surface area contributed by atoms with Crippen LogP contribution in [-0.2, 0) is 0 Å². The normalized spacial score (nSPS) is 6.25. The van der Waals surface area contributed by atoms with Gasteiger partial charge in [0.05, 0.1) is 0 Å². The van der Waals surface area contributed by atoms with Crippen LogP contribution in [0.5, 0.6) is 0 Å². The lowest BCUT2D eigenvalue weighted by atomic mass is 10.4. The monoisotopic (exact) mass is 54.1 g/mol. The van der Waals surface area contributed by atoms with Crippen molar-refractivity contribution >= 4 is 14.7 Å². The molecule has 2 heteroatoms. The summed E-state index contributed by atoms with van der Waals surface area (Å²) in [6.07, 6.45) is 0. The summed E-state index contributed by atoms with van der Waals surface area (Å²) in [5.74, 6) is 0. The first-order valence-corrected chi connectivity index (χ1v) is 1.02. The van der Waals surface area contributed by atoms with Crippen molar-refractivity contribution in [3.63, 3.8) is 0 Å². The van der Waals surface area contributed by atoms with Crippen LogP contribution in [0.25, 0.3) is 0 Å². The summed E-state index contributed by atoms with van der Waals surface area (Å²) in [6, 6.07) is 0. The first kappa shape index (κ1) is 3.73. The number of hydrogen-bond donors (Lipinski definition) is 0. The third-order valence-electron chi connectivity index (χ3n) is 0. The molecule has 0 spiro atoms. The molecule has 0 N–H and O–H groups in total. The van der Waals surface area contributed by atoms with E-state index in [-0.39, 0.29) is 0 Å². The molecule has 0 unspecified atom stereocenters. The van der Waals surface area contributed by atoms with Crippen LogP contribution in [0.15, 0.2) is 0 Å². The maximum absolute atomic E-state index is 4.83. The molecule has 0 aromatic carbocycles. The van der Waals surface area contributed by atoms with E-state index >= 15 is 0 Å². The van der Waals surface area contributed by atoms with Crippen molar-refractivity contribution in [1.29, 1.82) is 0 Å². The van der Waals surface area contributed by atoms with Gasteiger partial charge in [-0.05, 0) is 0 Å². The van der Waals surface area contributed by atoms with E-state index in [1.54, 1.807) is 7.05 Å². The Morgan fingerprint density at radius 2 is 2.00 bits per heavy atom. The molecule has 0 aliphatic rings. The molecule has 0 aromatic rings. The van der Waals surface area contributed by atoms with Gasteiger partial charge in [0.1, 0.15) is 13.8 Å². The van der Waals surface area contributed by atoms with Gasteiger partial charge in [0.15, 0.2) is 0 Å². The standard InChI is InChI=1S/C2H5BN/c1-4(2)3/h1H2,2H3/q+1. The van der Waals surface area contributed by atoms with E-state index in [0.29, 0.717) is 0 Å². The lowest BCUT2D eigenvalue weighted by Gasteiger charge is -1.64. The molecular formula is C2H5BN+. The van der Waals surface area contributed by atoms with Crippen LogP contribution in [0.4, 0.5) is 0 Å². The Hall–Kier alpha value is -0.265. The van der Waals surface area contributed by atoms with Crippen molar-refractivity contribution in [2.45, 2.75) is 0 Å². The largest absolute Gasteiger partial charge is 0.579 e. The fourth-order valence-corrected chi connectivity index (χ4v) is 0. The van der Waals surface area contributed by atoms with E-state index in [9.17, 15) is 0 Å². The van der Waals surface area contributed by atoms with Crippen LogP contribution in [0.1, 0.15) is 0 Å². The molecule has 0 amide bonds. The molecule has 1 nitrogen and oxygen atoms in total. The Labute approximate surface area is 27.4 Å². The molecule has 4 heavy (non-hydrogen) atoms. The molecule has 0 fully saturated rings. The fraction of sp³-hybridized carbons (Fsp3) is 0.500. The summed E-state index contributed by atoms with van der Waals surface area (Å²) >= 11 is 0. The van der Waals surface area contributed by atoms with Gasteiger partial charge in [-0.15, -0.1) is 0 Å². The minimum Gasteiger partial charge on any atom is -0.332 e. The lowest BCUT2D eigenvalue weighted by molar-refractivity contribution is -0.323. The van der Waals surface area contributed by atoms with Gasteiger partial charge in [-0.3, -0.25) is 0 Å². The van der Waals surface area contributed by atoms with E-state index in [1.165, 1.54) is 4.49 Å². The third kappa shape index (κ3) is 13.3. The molecule has 0 atom stereocenters. The molecule has 0 bridgehead atoms. The van der Waals surface area contributed by atoms with Crippen LogP contribution in [0.2, 0.25) is 0 Å². The molecule has 20 valence electrons. The summed E-state index contributed by atoms with van der Waals surface area (Å²) in [5, 5.41) is 0. The summed E-state index contributed by atoms with van der Waals surface area (Å²) in [6.45, 7) is 3.25. The summed E-state index contributed by atoms with van der Waals surface area (Å²) < 4.78 is 1.25. The molecule has 0 rings (SSSR count). The van der Waals surface area contributed by atoms with Gasteiger partial charge in [-0.2, -0.15) is 0 Å². The highest BCUT2D eigenvalue weighted by Gasteiger charge is 1.62. The zero-order chi connectivity index (χ0) is 3.58. The average Bonchev–Trinajstić information content (AvgIpc) is 0.811. The van der Waals surface area contributed by atoms with E-state index < -0.39 is 0 Å². The highest BCUT2D eigenvalue weighted by molar-refractivity contribution is 5.96. The zero-order valence-electron chi connectivity index (χ0n) is 2.73. The Morgan fingerprint density at radius 3 is 2.00 bits per heavy atom. The van der Waals surface area contributed by atoms with Crippen molar-refractivity contribution in [2.24, 2.45) is 0 Å². The molecule has 0 heterocycles. The van der Waals surface area contributed by atoms with Crippen LogP contribution in [-0.4, -0.2) is 26.2 Å². The van der Waals surface area contributed by atoms with Gasteiger partial charge in [0.25, 0.3) is 0 Å². The van der Waals surface area contributed by atoms with Crippen molar-refractivity contribution < 1.29 is 4.49 Å². The number of rotatable bonds is 0. The fourth-order valence-electron chi connectivity index (χ4n) is 0. The number of hydrogen-bond acceptors (Lipinski definition) is 0. The van der Waals surface area contributed by atoms with Gasteiger partial charge in [-0.25, -0.2) is 0 Å². The van der Waals surface area contributed by atoms with Gasteiger partial charge >= 0.3 is 7.98 Å². The van der Waals surface area contributed by atoms with E-state index in [1.807, 2.05) is 0 Å². The lowest BCUT2D eigenvalue weighted by Crippen LogP contribution is -1.90. The predicted octanol–water partition coefficient (Wildman–Crippen LogP) is -0.587. The second kappa shape index (κ2) is 1.10. The maximum Gasteiger partial charge on any atom is 0.579 e. The molecule has 0 saturated heterocycles. The van der Waals surface area contributed by atoms with Crippen molar-refractivity contribution in [1.82, 2.24) is 0 Å². The first-order chi connectivity index (χ1) is 1.73. The first-order valence-electron chi connectivity index (χ1n) is 1.02. The van der Waals surface area contributed by atoms with E-state index in [4.69, 9.17) is 7.98 Å². The van der Waals surface area contributed by atoms with Gasteiger partial charge in [-0.1, -0.05) is 0 Å². The van der Waals surface area contributed by atoms with Crippen LogP contribution >= 0.6 is 0 Å². The minimum atomic E-state index is 1.25. The highest BCUT2D eigenvalue weighted by atomic mass is 14.8. The number of nitrogens with zero attached hydrogens (tertiary/aromatic N) is 1. The Bertz CT molecular complexity index is 29.0. The minimum absolute atomic E-state index is 1.25. The van der Waals surface area contributed by atoms with Crippen LogP contribution in [0, 0.1) is 0 Å². The van der Waals surface area contributed by atoms with Crippen LogP contribution in [0.3, 0.4) is 0 Å². The second-order valence-electron chi connectivity index (χ2n) is 0.757. The Kier molecular flexibility index (Phi) is 1.03. The summed E-state index contributed by atoms with van der Waals surface area (Å²) in [5.41, 5.74) is 0. The molecular weight excluding hydrogens is 48.8 g/mol. The quantitative estimate of drug-likeness (QED) is 0.257.